The minimum Gasteiger partial charge on any atom is -0.462 e. The Morgan fingerprint density at radius 3 is 2.48 bits per heavy atom. The van der Waals surface area contributed by atoms with Gasteiger partial charge in [0.25, 0.3) is 0 Å². The molecule has 7 heteroatoms. The summed E-state index contributed by atoms with van der Waals surface area (Å²) in [5, 5.41) is 10.0. The molecule has 1 heterocycles. The number of esters is 1. The van der Waals surface area contributed by atoms with Crippen molar-refractivity contribution in [1.82, 2.24) is 14.8 Å². The molecule has 0 spiro atoms. The van der Waals surface area contributed by atoms with Crippen LogP contribution in [0, 0.1) is 0 Å². The number of halogens is 1. The van der Waals surface area contributed by atoms with Gasteiger partial charge in [0.1, 0.15) is 6.10 Å². The van der Waals surface area contributed by atoms with Crippen LogP contribution in [0.2, 0.25) is 5.02 Å². The first-order valence-corrected chi connectivity index (χ1v) is 11.2. The maximum Gasteiger partial charge on any atom is 0.316 e. The molecule has 4 rings (SSSR count). The monoisotopic (exact) mass is 427 g/mol. The molecule has 0 aliphatic heterocycles. The van der Waals surface area contributed by atoms with Gasteiger partial charge < -0.3 is 4.74 Å². The molecule has 150 valence electrons. The lowest BCUT2D eigenvalue weighted by atomic mass is 9.98. The molecule has 1 aromatic heterocycles. The summed E-state index contributed by atoms with van der Waals surface area (Å²) in [5.41, 5.74) is 1.84. The zero-order valence-corrected chi connectivity index (χ0v) is 17.5. The van der Waals surface area contributed by atoms with Gasteiger partial charge in [-0.2, -0.15) is 0 Å². The van der Waals surface area contributed by atoms with Crippen molar-refractivity contribution < 1.29 is 9.53 Å². The molecule has 0 amide bonds. The van der Waals surface area contributed by atoms with E-state index in [1.807, 2.05) is 59.2 Å². The van der Waals surface area contributed by atoms with E-state index < -0.39 is 0 Å². The standard InChI is InChI=1S/C22H22ClN3O2S/c23-17-13-11-16(12-14-17)21-24-25-22(26(21)18-7-3-1-4-8-18)29-15-20(27)28-19-9-5-2-6-10-19/h1,3-4,7-8,11-14,19H,2,5-6,9-10,15H2. The highest BCUT2D eigenvalue weighted by Gasteiger charge is 2.20. The summed E-state index contributed by atoms with van der Waals surface area (Å²) in [7, 11) is 0. The van der Waals surface area contributed by atoms with E-state index in [0.29, 0.717) is 16.0 Å². The van der Waals surface area contributed by atoms with Gasteiger partial charge in [-0.05, 0) is 62.1 Å². The molecule has 0 radical (unpaired) electrons. The molecule has 1 aliphatic rings. The van der Waals surface area contributed by atoms with Gasteiger partial charge in [-0.25, -0.2) is 0 Å². The number of hydrogen-bond donors (Lipinski definition) is 0. The number of carbonyl (C=O) groups excluding carboxylic acids is 1. The van der Waals surface area contributed by atoms with Gasteiger partial charge in [-0.15, -0.1) is 10.2 Å². The second-order valence-corrected chi connectivity index (χ2v) is 8.40. The zero-order chi connectivity index (χ0) is 20.1. The molecule has 1 aliphatic carbocycles. The maximum absolute atomic E-state index is 12.3. The lowest BCUT2D eigenvalue weighted by molar-refractivity contribution is -0.147. The summed E-state index contributed by atoms with van der Waals surface area (Å²) in [4.78, 5) is 12.3. The normalized spacial score (nSPS) is 14.7. The quantitative estimate of drug-likeness (QED) is 0.381. The van der Waals surface area contributed by atoms with Crippen LogP contribution < -0.4 is 0 Å². The Bertz CT molecular complexity index is 954. The van der Waals surface area contributed by atoms with Crippen LogP contribution in [0.25, 0.3) is 17.1 Å². The molecule has 2 aromatic carbocycles. The van der Waals surface area contributed by atoms with Gasteiger partial charge in [0.2, 0.25) is 0 Å². The summed E-state index contributed by atoms with van der Waals surface area (Å²) < 4.78 is 7.59. The van der Waals surface area contributed by atoms with Gasteiger partial charge in [0, 0.05) is 16.3 Å². The molecule has 0 N–H and O–H groups in total. The van der Waals surface area contributed by atoms with E-state index in [9.17, 15) is 4.79 Å². The number of nitrogens with zero attached hydrogens (tertiary/aromatic N) is 3. The third kappa shape index (κ3) is 5.00. The second-order valence-electron chi connectivity index (χ2n) is 7.02. The number of hydrogen-bond acceptors (Lipinski definition) is 5. The molecule has 3 aromatic rings. The van der Waals surface area contributed by atoms with Gasteiger partial charge >= 0.3 is 5.97 Å². The van der Waals surface area contributed by atoms with Crippen molar-refractivity contribution >= 4 is 29.3 Å². The fraction of sp³-hybridized carbons (Fsp3) is 0.318. The SMILES string of the molecule is O=C(CSc1nnc(-c2ccc(Cl)cc2)n1-c1ccccc1)OC1CCCCC1. The zero-order valence-electron chi connectivity index (χ0n) is 16.0. The summed E-state index contributed by atoms with van der Waals surface area (Å²) in [6, 6.07) is 17.4. The van der Waals surface area contributed by atoms with Crippen LogP contribution in [-0.2, 0) is 9.53 Å². The first kappa shape index (κ1) is 20.0. The van der Waals surface area contributed by atoms with E-state index in [-0.39, 0.29) is 17.8 Å². The van der Waals surface area contributed by atoms with Crippen molar-refractivity contribution in [2.75, 3.05) is 5.75 Å². The van der Waals surface area contributed by atoms with E-state index in [2.05, 4.69) is 10.2 Å². The summed E-state index contributed by atoms with van der Waals surface area (Å²) in [5.74, 6) is 0.718. The lowest BCUT2D eigenvalue weighted by Gasteiger charge is -2.21. The van der Waals surface area contributed by atoms with Crippen molar-refractivity contribution in [2.24, 2.45) is 0 Å². The number of aromatic nitrogens is 3. The first-order chi connectivity index (χ1) is 14.2. The molecule has 0 unspecified atom stereocenters. The van der Waals surface area contributed by atoms with Gasteiger partial charge in [-0.3, -0.25) is 9.36 Å². The van der Waals surface area contributed by atoms with Crippen LogP contribution in [0.15, 0.2) is 59.8 Å². The molecule has 1 saturated carbocycles. The average Bonchev–Trinajstić information content (AvgIpc) is 3.18. The molecule has 0 saturated heterocycles. The Balaban J connectivity index is 1.55. The third-order valence-corrected chi connectivity index (χ3v) is 6.07. The number of rotatable bonds is 6. The van der Waals surface area contributed by atoms with Crippen molar-refractivity contribution in [3.8, 4) is 17.1 Å². The van der Waals surface area contributed by atoms with Crippen LogP contribution in [0.3, 0.4) is 0 Å². The van der Waals surface area contributed by atoms with Gasteiger partial charge in [-0.1, -0.05) is 48.0 Å². The smallest absolute Gasteiger partial charge is 0.316 e. The van der Waals surface area contributed by atoms with Gasteiger partial charge in [0.05, 0.1) is 5.75 Å². The number of ether oxygens (including phenoxy) is 1. The van der Waals surface area contributed by atoms with E-state index in [0.717, 1.165) is 36.9 Å². The molecule has 0 atom stereocenters. The van der Waals surface area contributed by atoms with Crippen LogP contribution in [0.4, 0.5) is 0 Å². The predicted molar refractivity (Wildman–Crippen MR) is 115 cm³/mol. The van der Waals surface area contributed by atoms with Crippen LogP contribution in [0.5, 0.6) is 0 Å². The first-order valence-electron chi connectivity index (χ1n) is 9.80. The molecule has 5 nitrogen and oxygen atoms in total. The molecule has 1 fully saturated rings. The summed E-state index contributed by atoms with van der Waals surface area (Å²) >= 11 is 7.37. The Morgan fingerprint density at radius 2 is 1.76 bits per heavy atom. The largest absolute Gasteiger partial charge is 0.462 e. The topological polar surface area (TPSA) is 57.0 Å². The Morgan fingerprint density at radius 1 is 1.03 bits per heavy atom. The number of carbonyl (C=O) groups is 1. The molecular formula is C22H22ClN3O2S. The van der Waals surface area contributed by atoms with Crippen molar-refractivity contribution in [2.45, 2.75) is 43.4 Å². The van der Waals surface area contributed by atoms with Crippen molar-refractivity contribution in [3.63, 3.8) is 0 Å². The van der Waals surface area contributed by atoms with Crippen LogP contribution in [0.1, 0.15) is 32.1 Å². The number of thioether (sulfide) groups is 1. The molecule has 0 bridgehead atoms. The fourth-order valence-electron chi connectivity index (χ4n) is 3.49. The van der Waals surface area contributed by atoms with Crippen LogP contribution >= 0.6 is 23.4 Å². The van der Waals surface area contributed by atoms with E-state index >= 15 is 0 Å². The van der Waals surface area contributed by atoms with E-state index in [4.69, 9.17) is 16.3 Å². The summed E-state index contributed by atoms with van der Waals surface area (Å²) in [6.45, 7) is 0. The lowest BCUT2D eigenvalue weighted by Crippen LogP contribution is -2.22. The maximum atomic E-state index is 12.3. The highest BCUT2D eigenvalue weighted by molar-refractivity contribution is 7.99. The van der Waals surface area contributed by atoms with Gasteiger partial charge in [0.15, 0.2) is 11.0 Å². The highest BCUT2D eigenvalue weighted by atomic mass is 35.5. The minimum absolute atomic E-state index is 0.0634. The summed E-state index contributed by atoms with van der Waals surface area (Å²) in [6.07, 6.45) is 5.51. The molecule has 29 heavy (non-hydrogen) atoms. The van der Waals surface area contributed by atoms with Crippen LogP contribution in [-0.4, -0.2) is 32.6 Å². The number of para-hydroxylation sites is 1. The third-order valence-electron chi connectivity index (χ3n) is 4.92. The highest BCUT2D eigenvalue weighted by Crippen LogP contribution is 2.29. The van der Waals surface area contributed by atoms with E-state index in [1.165, 1.54) is 18.2 Å². The van der Waals surface area contributed by atoms with E-state index in [1.54, 1.807) is 0 Å². The Kier molecular flexibility index (Phi) is 6.52. The Hall–Kier alpha value is -2.31. The fourth-order valence-corrected chi connectivity index (χ4v) is 4.35. The minimum atomic E-state index is -0.197. The van der Waals surface area contributed by atoms with Crippen molar-refractivity contribution in [3.05, 3.63) is 59.6 Å². The average molecular weight is 428 g/mol. The second kappa shape index (κ2) is 9.46. The molecular weight excluding hydrogens is 406 g/mol. The van der Waals surface area contributed by atoms with Crippen molar-refractivity contribution in [1.29, 1.82) is 0 Å². The Labute approximate surface area is 179 Å². The predicted octanol–water partition coefficient (Wildman–Crippen LogP) is 5.56. The number of benzene rings is 2.